The average Bonchev–Trinajstić information content (AvgIpc) is 3.27. The number of H-pyrrole nitrogens is 1. The molecule has 6 heteroatoms. The first-order chi connectivity index (χ1) is 11.2. The molecule has 2 N–H and O–H groups in total. The van der Waals surface area contributed by atoms with E-state index in [1.165, 1.54) is 0 Å². The van der Waals surface area contributed by atoms with Crippen LogP contribution in [0.25, 0.3) is 17.3 Å². The average molecular weight is 308 g/mol. The van der Waals surface area contributed by atoms with Gasteiger partial charge in [0.2, 0.25) is 0 Å². The minimum absolute atomic E-state index is 0.0769. The van der Waals surface area contributed by atoms with Crippen LogP contribution in [0.5, 0.6) is 5.75 Å². The quantitative estimate of drug-likeness (QED) is 0.655. The highest BCUT2D eigenvalue weighted by Gasteiger charge is 2.24. The summed E-state index contributed by atoms with van der Waals surface area (Å²) in [7, 11) is 1.61. The lowest BCUT2D eigenvalue weighted by atomic mass is 10.1. The molecule has 0 atom stereocenters. The van der Waals surface area contributed by atoms with Crippen LogP contribution in [0.4, 0.5) is 0 Å². The number of hydrogen-bond acceptors (Lipinski definition) is 4. The molecule has 23 heavy (non-hydrogen) atoms. The lowest BCUT2D eigenvalue weighted by molar-refractivity contribution is -0.117. The number of methoxy groups -OCH3 is 1. The zero-order valence-electron chi connectivity index (χ0n) is 12.7. The second-order valence-electron chi connectivity index (χ2n) is 5.35. The molecule has 3 rings (SSSR count). The summed E-state index contributed by atoms with van der Waals surface area (Å²) in [5, 5.41) is 19.0. The van der Waals surface area contributed by atoms with Gasteiger partial charge in [0.15, 0.2) is 0 Å². The first-order valence-electron chi connectivity index (χ1n) is 7.31. The number of amides is 1. The number of aromatic amines is 1. The highest BCUT2D eigenvalue weighted by Crippen LogP contribution is 2.25. The lowest BCUT2D eigenvalue weighted by Crippen LogP contribution is -2.26. The molecule has 1 fully saturated rings. The number of carbonyl (C=O) groups is 1. The molecule has 1 aromatic heterocycles. The van der Waals surface area contributed by atoms with Crippen LogP contribution in [-0.2, 0) is 4.79 Å². The molecular formula is C17H16N4O2. The summed E-state index contributed by atoms with van der Waals surface area (Å²) in [5.41, 5.74) is 2.42. The second kappa shape index (κ2) is 6.36. The summed E-state index contributed by atoms with van der Waals surface area (Å²) in [5.74, 6) is 0.420. The fourth-order valence-corrected chi connectivity index (χ4v) is 2.19. The fraction of sp³-hybridized carbons (Fsp3) is 0.235. The number of carbonyl (C=O) groups excluding carboxylic acids is 1. The Morgan fingerprint density at radius 3 is 2.78 bits per heavy atom. The van der Waals surface area contributed by atoms with Gasteiger partial charge in [-0.1, -0.05) is 0 Å². The van der Waals surface area contributed by atoms with E-state index >= 15 is 0 Å². The molecular weight excluding hydrogens is 292 g/mol. The summed E-state index contributed by atoms with van der Waals surface area (Å²) in [6, 6.07) is 9.63. The summed E-state index contributed by atoms with van der Waals surface area (Å²) >= 11 is 0. The van der Waals surface area contributed by atoms with Gasteiger partial charge in [-0.3, -0.25) is 9.89 Å². The normalized spacial score (nSPS) is 14.2. The van der Waals surface area contributed by atoms with Gasteiger partial charge in [-0.2, -0.15) is 10.4 Å². The summed E-state index contributed by atoms with van der Waals surface area (Å²) in [6.45, 7) is 0. The van der Waals surface area contributed by atoms with Crippen molar-refractivity contribution in [3.05, 3.63) is 41.6 Å². The van der Waals surface area contributed by atoms with Crippen molar-refractivity contribution in [3.63, 3.8) is 0 Å². The van der Waals surface area contributed by atoms with Crippen molar-refractivity contribution in [2.75, 3.05) is 7.11 Å². The Morgan fingerprint density at radius 2 is 2.17 bits per heavy atom. The highest BCUT2D eigenvalue weighted by atomic mass is 16.5. The van der Waals surface area contributed by atoms with Crippen molar-refractivity contribution in [1.29, 1.82) is 5.26 Å². The Bertz CT molecular complexity index is 780. The van der Waals surface area contributed by atoms with Crippen LogP contribution in [0.15, 0.2) is 36.0 Å². The standard InChI is InChI=1S/C17H16N4O2/c1-23-15-6-2-11(3-7-15)16-13(10-19-21-16)8-12(9-18)17(22)20-14-4-5-14/h2-3,6-8,10,14H,4-5H2,1H3,(H,19,21)(H,20,22)/b12-8+. The van der Waals surface area contributed by atoms with Gasteiger partial charge in [0, 0.05) is 17.2 Å². The maximum Gasteiger partial charge on any atom is 0.262 e. The second-order valence-corrected chi connectivity index (χ2v) is 5.35. The number of nitrogens with one attached hydrogen (secondary N) is 2. The summed E-state index contributed by atoms with van der Waals surface area (Å²) in [6.07, 6.45) is 5.11. The first kappa shape index (κ1) is 14.9. The van der Waals surface area contributed by atoms with E-state index in [2.05, 4.69) is 15.5 Å². The number of rotatable bonds is 5. The molecule has 2 aromatic rings. The van der Waals surface area contributed by atoms with Gasteiger partial charge in [0.25, 0.3) is 5.91 Å². The minimum Gasteiger partial charge on any atom is -0.497 e. The van der Waals surface area contributed by atoms with Crippen molar-refractivity contribution in [2.24, 2.45) is 0 Å². The zero-order valence-corrected chi connectivity index (χ0v) is 12.7. The molecule has 0 radical (unpaired) electrons. The van der Waals surface area contributed by atoms with E-state index in [9.17, 15) is 10.1 Å². The van der Waals surface area contributed by atoms with Crippen LogP contribution in [-0.4, -0.2) is 29.3 Å². The third-order valence-electron chi connectivity index (χ3n) is 3.62. The molecule has 0 saturated heterocycles. The van der Waals surface area contributed by atoms with Gasteiger partial charge >= 0.3 is 0 Å². The Hall–Kier alpha value is -3.07. The van der Waals surface area contributed by atoms with Crippen LogP contribution in [0.2, 0.25) is 0 Å². The van der Waals surface area contributed by atoms with E-state index in [4.69, 9.17) is 4.74 Å². The van der Waals surface area contributed by atoms with Crippen LogP contribution < -0.4 is 10.1 Å². The predicted octanol–water partition coefficient (Wildman–Crippen LogP) is 2.27. The first-order valence-corrected chi connectivity index (χ1v) is 7.31. The Kier molecular flexibility index (Phi) is 4.11. The summed E-state index contributed by atoms with van der Waals surface area (Å²) < 4.78 is 5.14. The molecule has 116 valence electrons. The number of hydrogen-bond donors (Lipinski definition) is 2. The van der Waals surface area contributed by atoms with E-state index < -0.39 is 0 Å². The smallest absolute Gasteiger partial charge is 0.262 e. The minimum atomic E-state index is -0.336. The van der Waals surface area contributed by atoms with Crippen molar-refractivity contribution >= 4 is 12.0 Å². The van der Waals surface area contributed by atoms with Crippen molar-refractivity contribution in [2.45, 2.75) is 18.9 Å². The van der Waals surface area contributed by atoms with Crippen molar-refractivity contribution in [1.82, 2.24) is 15.5 Å². The molecule has 6 nitrogen and oxygen atoms in total. The molecule has 1 aliphatic carbocycles. The molecule has 1 amide bonds. The molecule has 1 aromatic carbocycles. The SMILES string of the molecule is COc1ccc(-c2[nH]ncc2/C=C(\C#N)C(=O)NC2CC2)cc1. The number of benzene rings is 1. The lowest BCUT2D eigenvalue weighted by Gasteiger charge is -2.04. The van der Waals surface area contributed by atoms with Gasteiger partial charge < -0.3 is 10.1 Å². The van der Waals surface area contributed by atoms with E-state index in [1.54, 1.807) is 19.4 Å². The third kappa shape index (κ3) is 3.40. The molecule has 0 bridgehead atoms. The number of ether oxygens (including phenoxy) is 1. The monoisotopic (exact) mass is 308 g/mol. The van der Waals surface area contributed by atoms with Gasteiger partial charge in [0.1, 0.15) is 17.4 Å². The van der Waals surface area contributed by atoms with Crippen LogP contribution in [0.1, 0.15) is 18.4 Å². The van der Waals surface area contributed by atoms with Crippen molar-refractivity contribution in [3.8, 4) is 23.1 Å². The van der Waals surface area contributed by atoms with Crippen LogP contribution >= 0.6 is 0 Å². The van der Waals surface area contributed by atoms with Crippen LogP contribution in [0.3, 0.4) is 0 Å². The van der Waals surface area contributed by atoms with E-state index in [-0.39, 0.29) is 17.5 Å². The molecule has 1 aliphatic rings. The zero-order chi connectivity index (χ0) is 16.2. The van der Waals surface area contributed by atoms with Gasteiger partial charge in [-0.25, -0.2) is 0 Å². The topological polar surface area (TPSA) is 90.8 Å². The van der Waals surface area contributed by atoms with Crippen LogP contribution in [0, 0.1) is 11.3 Å². The number of nitrogens with zero attached hydrogens (tertiary/aromatic N) is 2. The van der Waals surface area contributed by atoms with E-state index in [1.807, 2.05) is 30.3 Å². The fourth-order valence-electron chi connectivity index (χ4n) is 2.19. The largest absolute Gasteiger partial charge is 0.497 e. The van der Waals surface area contributed by atoms with Gasteiger partial charge in [-0.05, 0) is 43.2 Å². The summed E-state index contributed by atoms with van der Waals surface area (Å²) in [4.78, 5) is 12.0. The van der Waals surface area contributed by atoms with E-state index in [0.717, 1.165) is 29.8 Å². The Labute approximate surface area is 133 Å². The molecule has 1 heterocycles. The molecule has 0 unspecified atom stereocenters. The molecule has 0 aliphatic heterocycles. The van der Waals surface area contributed by atoms with Gasteiger partial charge in [0.05, 0.1) is 19.0 Å². The maximum absolute atomic E-state index is 12.0. The van der Waals surface area contributed by atoms with Gasteiger partial charge in [-0.15, -0.1) is 0 Å². The van der Waals surface area contributed by atoms with Crippen molar-refractivity contribution < 1.29 is 9.53 Å². The number of nitriles is 1. The maximum atomic E-state index is 12.0. The predicted molar refractivity (Wildman–Crippen MR) is 85.3 cm³/mol. The Balaban J connectivity index is 1.88. The molecule has 1 saturated carbocycles. The highest BCUT2D eigenvalue weighted by molar-refractivity contribution is 6.02. The van der Waals surface area contributed by atoms with E-state index in [0.29, 0.717) is 5.56 Å². The number of aromatic nitrogens is 2. The third-order valence-corrected chi connectivity index (χ3v) is 3.62. The molecule has 0 spiro atoms. The Morgan fingerprint density at radius 1 is 1.43 bits per heavy atom.